The smallest absolute Gasteiger partial charge is 0.244 e. The van der Waals surface area contributed by atoms with Gasteiger partial charge in [-0.2, -0.15) is 0 Å². The lowest BCUT2D eigenvalue weighted by atomic mass is 10.0. The summed E-state index contributed by atoms with van der Waals surface area (Å²) in [6.07, 6.45) is 1.95. The van der Waals surface area contributed by atoms with Crippen molar-refractivity contribution in [1.29, 1.82) is 0 Å². The lowest BCUT2D eigenvalue weighted by Crippen LogP contribution is -2.54. The summed E-state index contributed by atoms with van der Waals surface area (Å²) in [6.45, 7) is 3.39. The molecule has 11 heteroatoms. The Morgan fingerprint density at radius 3 is 2.15 bits per heavy atom. The summed E-state index contributed by atoms with van der Waals surface area (Å²) in [5.74, 6) is -0.875. The van der Waals surface area contributed by atoms with E-state index in [1.54, 1.807) is 0 Å². The third kappa shape index (κ3) is 9.23. The maximum absolute atomic E-state index is 14.1. The van der Waals surface area contributed by atoms with Crippen molar-refractivity contribution >= 4 is 66.7 Å². The minimum absolute atomic E-state index is 0.0810. The Kier molecular flexibility index (Phi) is 11.5. The standard InChI is InChI=1S/C29H32BrCl2N3O4S/c1-4-20(2)33-29(37)27(14-21-9-6-5-7-10-21)34(18-22-11-8-12-23(30)13-22)28(36)19-35(40(3,38)39)26-16-24(31)15-25(32)17-26/h5-13,15-17,20,27H,4,14,18-19H2,1-3H3,(H,33,37). The van der Waals surface area contributed by atoms with E-state index in [4.69, 9.17) is 23.2 Å². The average molecular weight is 669 g/mol. The van der Waals surface area contributed by atoms with Gasteiger partial charge in [-0.05, 0) is 54.8 Å². The largest absolute Gasteiger partial charge is 0.352 e. The third-order valence-electron chi connectivity index (χ3n) is 6.33. The van der Waals surface area contributed by atoms with E-state index in [2.05, 4.69) is 21.2 Å². The highest BCUT2D eigenvalue weighted by Gasteiger charge is 2.33. The number of benzene rings is 3. The van der Waals surface area contributed by atoms with Gasteiger partial charge in [0.05, 0.1) is 11.9 Å². The molecule has 0 aliphatic carbocycles. The van der Waals surface area contributed by atoms with Crippen molar-refractivity contribution in [2.45, 2.75) is 45.3 Å². The number of nitrogens with zero attached hydrogens (tertiary/aromatic N) is 2. The van der Waals surface area contributed by atoms with Gasteiger partial charge in [0.2, 0.25) is 21.8 Å². The average Bonchev–Trinajstić information content (AvgIpc) is 2.88. The van der Waals surface area contributed by atoms with Crippen molar-refractivity contribution in [3.63, 3.8) is 0 Å². The summed E-state index contributed by atoms with van der Waals surface area (Å²) >= 11 is 15.8. The Morgan fingerprint density at radius 1 is 0.950 bits per heavy atom. The molecule has 3 rings (SSSR count). The fourth-order valence-corrected chi connectivity index (χ4v) is 5.92. The molecule has 0 aromatic heterocycles. The number of anilines is 1. The number of hydrogen-bond acceptors (Lipinski definition) is 4. The van der Waals surface area contributed by atoms with Crippen LogP contribution >= 0.6 is 39.1 Å². The van der Waals surface area contributed by atoms with Gasteiger partial charge in [-0.3, -0.25) is 13.9 Å². The Hall–Kier alpha value is -2.59. The van der Waals surface area contributed by atoms with Crippen LogP contribution in [0.3, 0.4) is 0 Å². The molecule has 40 heavy (non-hydrogen) atoms. The van der Waals surface area contributed by atoms with Crippen molar-refractivity contribution in [2.75, 3.05) is 17.1 Å². The molecule has 3 aromatic rings. The van der Waals surface area contributed by atoms with Crippen LogP contribution in [0.1, 0.15) is 31.4 Å². The number of amides is 2. The number of rotatable bonds is 12. The number of hydrogen-bond donors (Lipinski definition) is 1. The molecule has 0 saturated carbocycles. The van der Waals surface area contributed by atoms with Crippen LogP contribution in [-0.4, -0.2) is 50.0 Å². The van der Waals surface area contributed by atoms with Crippen LogP contribution in [0.15, 0.2) is 77.3 Å². The zero-order valence-corrected chi connectivity index (χ0v) is 26.4. The molecule has 0 heterocycles. The van der Waals surface area contributed by atoms with Gasteiger partial charge in [0.25, 0.3) is 0 Å². The number of halogens is 3. The van der Waals surface area contributed by atoms with E-state index in [0.717, 1.165) is 26.2 Å². The van der Waals surface area contributed by atoms with Crippen LogP contribution in [0.5, 0.6) is 0 Å². The molecule has 0 radical (unpaired) electrons. The van der Waals surface area contributed by atoms with E-state index in [0.29, 0.717) is 6.42 Å². The Morgan fingerprint density at radius 2 is 1.57 bits per heavy atom. The SMILES string of the molecule is CCC(C)NC(=O)C(Cc1ccccc1)N(Cc1cccc(Br)c1)C(=O)CN(c1cc(Cl)cc(Cl)c1)S(C)(=O)=O. The highest BCUT2D eigenvalue weighted by atomic mass is 79.9. The molecule has 2 atom stereocenters. The summed E-state index contributed by atoms with van der Waals surface area (Å²) in [6, 6.07) is 20.1. The van der Waals surface area contributed by atoms with Crippen molar-refractivity contribution < 1.29 is 18.0 Å². The molecule has 0 bridgehead atoms. The maximum atomic E-state index is 14.1. The van der Waals surface area contributed by atoms with E-state index >= 15 is 0 Å². The second-order valence-corrected chi connectivity index (χ2v) is 13.3. The van der Waals surface area contributed by atoms with Crippen LogP contribution in [0.2, 0.25) is 10.0 Å². The normalized spacial score (nSPS) is 12.8. The minimum Gasteiger partial charge on any atom is -0.352 e. The van der Waals surface area contributed by atoms with Crippen LogP contribution in [0.25, 0.3) is 0 Å². The van der Waals surface area contributed by atoms with Gasteiger partial charge in [0.15, 0.2) is 0 Å². The van der Waals surface area contributed by atoms with Crippen LogP contribution in [-0.2, 0) is 32.6 Å². The summed E-state index contributed by atoms with van der Waals surface area (Å²) in [4.78, 5) is 29.2. The fraction of sp³-hybridized carbons (Fsp3) is 0.310. The molecule has 1 N–H and O–H groups in total. The molecule has 0 aliphatic rings. The lowest BCUT2D eigenvalue weighted by molar-refractivity contribution is -0.140. The zero-order valence-electron chi connectivity index (χ0n) is 22.5. The van der Waals surface area contributed by atoms with E-state index < -0.39 is 28.5 Å². The number of nitrogens with one attached hydrogen (secondary N) is 1. The first-order chi connectivity index (χ1) is 18.9. The molecule has 2 amide bonds. The highest BCUT2D eigenvalue weighted by molar-refractivity contribution is 9.10. The van der Waals surface area contributed by atoms with E-state index in [-0.39, 0.29) is 40.6 Å². The first-order valence-corrected chi connectivity index (χ1v) is 16.1. The fourth-order valence-electron chi connectivity index (χ4n) is 4.12. The molecule has 7 nitrogen and oxygen atoms in total. The predicted molar refractivity (Wildman–Crippen MR) is 165 cm³/mol. The van der Waals surface area contributed by atoms with E-state index in [9.17, 15) is 18.0 Å². The number of carbonyl (C=O) groups excluding carboxylic acids is 2. The van der Waals surface area contributed by atoms with Gasteiger partial charge in [-0.25, -0.2) is 8.42 Å². The topological polar surface area (TPSA) is 86.8 Å². The first kappa shape index (κ1) is 31.9. The van der Waals surface area contributed by atoms with Crippen LogP contribution in [0, 0.1) is 0 Å². The number of carbonyl (C=O) groups is 2. The van der Waals surface area contributed by atoms with Gasteiger partial charge < -0.3 is 10.2 Å². The molecule has 0 saturated heterocycles. The second kappa shape index (κ2) is 14.3. The predicted octanol–water partition coefficient (Wildman–Crippen LogP) is 6.08. The Bertz CT molecular complexity index is 1420. The van der Waals surface area contributed by atoms with Crippen molar-refractivity contribution in [2.24, 2.45) is 0 Å². The van der Waals surface area contributed by atoms with E-state index in [1.807, 2.05) is 68.4 Å². The van der Waals surface area contributed by atoms with Gasteiger partial charge >= 0.3 is 0 Å². The summed E-state index contributed by atoms with van der Waals surface area (Å²) in [5.41, 5.74) is 1.79. The van der Waals surface area contributed by atoms with Crippen molar-refractivity contribution in [3.8, 4) is 0 Å². The molecular formula is C29H32BrCl2N3O4S. The van der Waals surface area contributed by atoms with Gasteiger partial charge in [0, 0.05) is 33.5 Å². The van der Waals surface area contributed by atoms with Crippen molar-refractivity contribution in [1.82, 2.24) is 10.2 Å². The highest BCUT2D eigenvalue weighted by Crippen LogP contribution is 2.28. The van der Waals surface area contributed by atoms with Crippen LogP contribution < -0.4 is 9.62 Å². The summed E-state index contributed by atoms with van der Waals surface area (Å²) in [5, 5.41) is 3.46. The van der Waals surface area contributed by atoms with Gasteiger partial charge in [0.1, 0.15) is 12.6 Å². The maximum Gasteiger partial charge on any atom is 0.244 e. The van der Waals surface area contributed by atoms with E-state index in [1.165, 1.54) is 23.1 Å². The minimum atomic E-state index is -3.93. The Labute approximate surface area is 254 Å². The number of sulfonamides is 1. The third-order valence-corrected chi connectivity index (χ3v) is 8.40. The zero-order chi connectivity index (χ0) is 29.4. The molecule has 214 valence electrons. The molecule has 0 aliphatic heterocycles. The van der Waals surface area contributed by atoms with Gasteiger partial charge in [-0.15, -0.1) is 0 Å². The molecule has 0 spiro atoms. The first-order valence-electron chi connectivity index (χ1n) is 12.7. The molecule has 3 aromatic carbocycles. The second-order valence-electron chi connectivity index (χ2n) is 9.57. The van der Waals surface area contributed by atoms with Gasteiger partial charge in [-0.1, -0.05) is 88.5 Å². The summed E-state index contributed by atoms with van der Waals surface area (Å²) < 4.78 is 27.5. The summed E-state index contributed by atoms with van der Waals surface area (Å²) in [7, 11) is -3.93. The monoisotopic (exact) mass is 667 g/mol. The van der Waals surface area contributed by atoms with Crippen LogP contribution in [0.4, 0.5) is 5.69 Å². The Balaban J connectivity index is 2.08. The lowest BCUT2D eigenvalue weighted by Gasteiger charge is -2.34. The van der Waals surface area contributed by atoms with Crippen molar-refractivity contribution in [3.05, 3.63) is 98.4 Å². The molecular weight excluding hydrogens is 637 g/mol. The molecule has 2 unspecified atom stereocenters. The molecule has 0 fully saturated rings. The quantitative estimate of drug-likeness (QED) is 0.254.